The topological polar surface area (TPSA) is 26.0 Å². The minimum absolute atomic E-state index is 0.0606. The zero-order chi connectivity index (χ0) is 14.2. The zero-order valence-electron chi connectivity index (χ0n) is 10.7. The molecule has 0 aromatic heterocycles. The van der Waals surface area contributed by atoms with E-state index in [1.807, 2.05) is 0 Å². The Bertz CT molecular complexity index is 600. The van der Waals surface area contributed by atoms with Gasteiger partial charge in [0.15, 0.2) is 11.6 Å². The van der Waals surface area contributed by atoms with Crippen LogP contribution < -0.4 is 5.73 Å². The van der Waals surface area contributed by atoms with Gasteiger partial charge in [0.1, 0.15) is 5.82 Å². The Labute approximate surface area is 109 Å². The summed E-state index contributed by atoms with van der Waals surface area (Å²) in [6, 6.07) is 6.14. The van der Waals surface area contributed by atoms with E-state index in [0.717, 1.165) is 6.07 Å². The van der Waals surface area contributed by atoms with Crippen molar-refractivity contribution in [1.29, 1.82) is 0 Å². The molecule has 0 fully saturated rings. The van der Waals surface area contributed by atoms with Gasteiger partial charge in [-0.1, -0.05) is 24.3 Å². The molecule has 0 bridgehead atoms. The van der Waals surface area contributed by atoms with Gasteiger partial charge in [0.05, 0.1) is 6.04 Å². The van der Waals surface area contributed by atoms with Crippen LogP contribution in [0.15, 0.2) is 30.3 Å². The maximum Gasteiger partial charge on any atom is 0.163 e. The normalized spacial score (nSPS) is 12.5. The molecular weight excluding hydrogens is 251 g/mol. The molecule has 19 heavy (non-hydrogen) atoms. The molecule has 0 heterocycles. The fraction of sp³-hybridized carbons (Fsp3) is 0.200. The molecule has 2 aromatic carbocycles. The highest BCUT2D eigenvalue weighted by Crippen LogP contribution is 2.26. The van der Waals surface area contributed by atoms with E-state index < -0.39 is 17.7 Å². The molecule has 0 amide bonds. The van der Waals surface area contributed by atoms with E-state index >= 15 is 0 Å². The number of nitrogens with two attached hydrogens (primary N) is 1. The van der Waals surface area contributed by atoms with Crippen LogP contribution in [-0.4, -0.2) is 0 Å². The van der Waals surface area contributed by atoms with Gasteiger partial charge < -0.3 is 5.73 Å². The first-order valence-corrected chi connectivity index (χ1v) is 5.88. The van der Waals surface area contributed by atoms with Crippen molar-refractivity contribution in [3.8, 4) is 0 Å². The monoisotopic (exact) mass is 265 g/mol. The smallest absolute Gasteiger partial charge is 0.163 e. The van der Waals surface area contributed by atoms with Crippen molar-refractivity contribution in [3.05, 3.63) is 70.0 Å². The van der Waals surface area contributed by atoms with E-state index in [9.17, 15) is 13.2 Å². The summed E-state index contributed by atoms with van der Waals surface area (Å²) < 4.78 is 40.4. The summed E-state index contributed by atoms with van der Waals surface area (Å²) >= 11 is 0. The maximum atomic E-state index is 13.7. The van der Waals surface area contributed by atoms with Gasteiger partial charge in [-0.05, 0) is 36.6 Å². The largest absolute Gasteiger partial charge is 0.320 e. The Morgan fingerprint density at radius 3 is 2.11 bits per heavy atom. The lowest BCUT2D eigenvalue weighted by Gasteiger charge is -2.16. The highest BCUT2D eigenvalue weighted by atomic mass is 19.2. The van der Waals surface area contributed by atoms with Crippen LogP contribution in [0.2, 0.25) is 0 Å². The quantitative estimate of drug-likeness (QED) is 0.878. The SMILES string of the molecule is Cc1cc(C(N)c2cccc(F)c2F)cc(C)c1F. The molecule has 100 valence electrons. The first kappa shape index (κ1) is 13.6. The van der Waals surface area contributed by atoms with Gasteiger partial charge >= 0.3 is 0 Å². The van der Waals surface area contributed by atoms with Gasteiger partial charge in [-0.2, -0.15) is 0 Å². The number of halogens is 3. The van der Waals surface area contributed by atoms with Crippen LogP contribution in [-0.2, 0) is 0 Å². The third kappa shape index (κ3) is 2.49. The average Bonchev–Trinajstić information content (AvgIpc) is 2.38. The van der Waals surface area contributed by atoms with Crippen LogP contribution in [0.5, 0.6) is 0 Å². The minimum atomic E-state index is -0.963. The van der Waals surface area contributed by atoms with Crippen LogP contribution >= 0.6 is 0 Å². The zero-order valence-corrected chi connectivity index (χ0v) is 10.7. The van der Waals surface area contributed by atoms with Gasteiger partial charge in [-0.25, -0.2) is 13.2 Å². The Hall–Kier alpha value is -1.81. The fourth-order valence-electron chi connectivity index (χ4n) is 2.10. The molecule has 2 rings (SSSR count). The summed E-state index contributed by atoms with van der Waals surface area (Å²) in [5.41, 5.74) is 7.43. The second kappa shape index (κ2) is 5.05. The van der Waals surface area contributed by atoms with E-state index in [-0.39, 0.29) is 11.4 Å². The molecule has 2 aromatic rings. The molecule has 4 heteroatoms. The Morgan fingerprint density at radius 2 is 1.53 bits per heavy atom. The first-order chi connectivity index (χ1) is 8.91. The fourth-order valence-corrected chi connectivity index (χ4v) is 2.10. The van der Waals surface area contributed by atoms with Crippen LogP contribution in [0.1, 0.15) is 28.3 Å². The van der Waals surface area contributed by atoms with Gasteiger partial charge in [-0.3, -0.25) is 0 Å². The molecule has 0 aliphatic rings. The molecule has 2 N–H and O–H groups in total. The molecule has 0 saturated heterocycles. The van der Waals surface area contributed by atoms with Crippen LogP contribution in [0.4, 0.5) is 13.2 Å². The second-order valence-corrected chi connectivity index (χ2v) is 4.59. The minimum Gasteiger partial charge on any atom is -0.320 e. The van der Waals surface area contributed by atoms with E-state index in [1.165, 1.54) is 12.1 Å². The number of hydrogen-bond acceptors (Lipinski definition) is 1. The van der Waals surface area contributed by atoms with Crippen LogP contribution in [0.25, 0.3) is 0 Å². The molecule has 1 atom stereocenters. The molecule has 0 spiro atoms. The van der Waals surface area contributed by atoms with E-state index in [1.54, 1.807) is 26.0 Å². The van der Waals surface area contributed by atoms with Gasteiger partial charge in [0.2, 0.25) is 0 Å². The molecule has 0 saturated carbocycles. The first-order valence-electron chi connectivity index (χ1n) is 5.88. The average molecular weight is 265 g/mol. The predicted molar refractivity (Wildman–Crippen MR) is 68.3 cm³/mol. The van der Waals surface area contributed by atoms with Crippen LogP contribution in [0.3, 0.4) is 0 Å². The van der Waals surface area contributed by atoms with Crippen molar-refractivity contribution in [1.82, 2.24) is 0 Å². The summed E-state index contributed by atoms with van der Waals surface area (Å²) in [6.07, 6.45) is 0. The third-order valence-corrected chi connectivity index (χ3v) is 3.13. The van der Waals surface area contributed by atoms with Gasteiger partial charge in [-0.15, -0.1) is 0 Å². The maximum absolute atomic E-state index is 13.7. The number of hydrogen-bond donors (Lipinski definition) is 1. The van der Waals surface area contributed by atoms with Crippen molar-refractivity contribution in [2.45, 2.75) is 19.9 Å². The summed E-state index contributed by atoms with van der Waals surface area (Å²) in [4.78, 5) is 0. The lowest BCUT2D eigenvalue weighted by molar-refractivity contribution is 0.494. The lowest BCUT2D eigenvalue weighted by atomic mass is 9.95. The third-order valence-electron chi connectivity index (χ3n) is 3.13. The Morgan fingerprint density at radius 1 is 0.947 bits per heavy atom. The Kier molecular flexibility index (Phi) is 3.62. The van der Waals surface area contributed by atoms with Gasteiger partial charge in [0, 0.05) is 5.56 Å². The van der Waals surface area contributed by atoms with Crippen molar-refractivity contribution in [3.63, 3.8) is 0 Å². The molecule has 0 aliphatic heterocycles. The lowest BCUT2D eigenvalue weighted by Crippen LogP contribution is -2.15. The number of aryl methyl sites for hydroxylation is 2. The van der Waals surface area contributed by atoms with E-state index in [2.05, 4.69) is 0 Å². The molecule has 0 radical (unpaired) electrons. The Balaban J connectivity index is 2.50. The number of rotatable bonds is 2. The summed E-state index contributed by atoms with van der Waals surface area (Å²) in [7, 11) is 0. The molecule has 0 aliphatic carbocycles. The molecule has 1 nitrogen and oxygen atoms in total. The molecular formula is C15H14F3N. The summed E-state index contributed by atoms with van der Waals surface area (Å²) in [5, 5.41) is 0. The second-order valence-electron chi connectivity index (χ2n) is 4.59. The summed E-state index contributed by atoms with van der Waals surface area (Å²) in [6.45, 7) is 3.22. The predicted octanol–water partition coefficient (Wildman–Crippen LogP) is 3.77. The number of benzene rings is 2. The van der Waals surface area contributed by atoms with Gasteiger partial charge in [0.25, 0.3) is 0 Å². The summed E-state index contributed by atoms with van der Waals surface area (Å²) in [5.74, 6) is -2.21. The van der Waals surface area contributed by atoms with Crippen molar-refractivity contribution in [2.24, 2.45) is 5.73 Å². The molecule has 1 unspecified atom stereocenters. The highest BCUT2D eigenvalue weighted by molar-refractivity contribution is 5.38. The van der Waals surface area contributed by atoms with Crippen molar-refractivity contribution < 1.29 is 13.2 Å². The van der Waals surface area contributed by atoms with E-state index in [0.29, 0.717) is 16.7 Å². The van der Waals surface area contributed by atoms with Crippen molar-refractivity contribution in [2.75, 3.05) is 0 Å². The van der Waals surface area contributed by atoms with E-state index in [4.69, 9.17) is 5.73 Å². The standard InChI is InChI=1S/C15H14F3N/c1-8-6-10(7-9(2)13(8)17)15(19)11-4-3-5-12(16)14(11)18/h3-7,15H,19H2,1-2H3. The highest BCUT2D eigenvalue weighted by Gasteiger charge is 2.17. The van der Waals surface area contributed by atoms with Crippen LogP contribution in [0, 0.1) is 31.3 Å². The van der Waals surface area contributed by atoms with Crippen molar-refractivity contribution >= 4 is 0 Å².